The van der Waals surface area contributed by atoms with Gasteiger partial charge in [-0.25, -0.2) is 0 Å². The molecule has 1 rings (SSSR count). The number of hydrogen-bond acceptors (Lipinski definition) is 5. The van der Waals surface area contributed by atoms with Gasteiger partial charge in [0.2, 0.25) is 0 Å². The second-order valence-electron chi connectivity index (χ2n) is 5.90. The predicted octanol–water partition coefficient (Wildman–Crippen LogP) is 4.27. The zero-order valence-electron chi connectivity index (χ0n) is 16.7. The van der Waals surface area contributed by atoms with E-state index in [-0.39, 0.29) is 42.8 Å². The summed E-state index contributed by atoms with van der Waals surface area (Å²) >= 11 is 0. The van der Waals surface area contributed by atoms with Crippen molar-refractivity contribution in [2.45, 2.75) is 71.3 Å². The van der Waals surface area contributed by atoms with E-state index in [0.717, 1.165) is 24.8 Å². The minimum atomic E-state index is -4.01. The zero-order chi connectivity index (χ0) is 18.5. The van der Waals surface area contributed by atoms with Gasteiger partial charge in [-0.05, 0) is 38.3 Å². The molecule has 26 heavy (non-hydrogen) atoms. The van der Waals surface area contributed by atoms with Gasteiger partial charge in [0, 0.05) is 42.8 Å². The Morgan fingerprint density at radius 3 is 2.08 bits per heavy atom. The van der Waals surface area contributed by atoms with Crippen LogP contribution >= 0.6 is 0 Å². The maximum absolute atomic E-state index is 12.4. The Kier molecular flexibility index (Phi) is 14.8. The predicted molar refractivity (Wildman–Crippen MR) is 106 cm³/mol. The van der Waals surface area contributed by atoms with Crippen LogP contribution in [0.3, 0.4) is 0 Å². The number of hydrogen-bond donors (Lipinski definition) is 0. The minimum absolute atomic E-state index is 0. The first kappa shape index (κ1) is 25.9. The number of ether oxygens (including phenoxy) is 2. The topological polar surface area (TPSA) is 61.8 Å². The third kappa shape index (κ3) is 9.72. The van der Waals surface area contributed by atoms with Gasteiger partial charge in [0.25, 0.3) is 0 Å². The molecule has 0 N–H and O–H groups in total. The first-order valence-corrected chi connectivity index (χ1v) is 10.8. The van der Waals surface area contributed by atoms with Gasteiger partial charge < -0.3 is 13.7 Å². The van der Waals surface area contributed by atoms with E-state index in [1.807, 2.05) is 12.1 Å². The zero-order valence-corrected chi connectivity index (χ0v) is 19.5. The summed E-state index contributed by atoms with van der Waals surface area (Å²) in [6, 6.07) is 7.26. The van der Waals surface area contributed by atoms with Crippen LogP contribution in [0.15, 0.2) is 24.3 Å². The molecule has 0 unspecified atom stereocenters. The Bertz CT molecular complexity index is 571. The normalized spacial score (nSPS) is 11.4. The molecule has 0 aliphatic rings. The van der Waals surface area contributed by atoms with Crippen LogP contribution in [0.4, 0.5) is 0 Å². The Labute approximate surface area is 181 Å². The van der Waals surface area contributed by atoms with Crippen LogP contribution in [0.2, 0.25) is 0 Å². The van der Waals surface area contributed by atoms with Crippen molar-refractivity contribution in [1.82, 2.24) is 0 Å². The molecule has 145 valence electrons. The Balaban J connectivity index is 0.00000625. The fourth-order valence-electron chi connectivity index (χ4n) is 2.54. The molecule has 0 atom stereocenters. The van der Waals surface area contributed by atoms with Gasteiger partial charge in [-0.15, -0.1) is 0 Å². The van der Waals surface area contributed by atoms with Gasteiger partial charge >= 0.3 is 15.7 Å². The third-order valence-corrected chi connectivity index (χ3v) is 4.97. The van der Waals surface area contributed by atoms with E-state index < -0.39 is 15.7 Å². The molecule has 0 saturated carbocycles. The average Bonchev–Trinajstić information content (AvgIpc) is 2.59. The SMILES string of the molecule is CCCCCCCCc1ccccc1OS(=O)(=O)C(OCC)OCC.[Na]. The number of unbranched alkanes of at least 4 members (excludes halogenated alkanes) is 5. The summed E-state index contributed by atoms with van der Waals surface area (Å²) in [6.45, 7) is 6.09. The van der Waals surface area contributed by atoms with Crippen LogP contribution in [-0.4, -0.2) is 56.8 Å². The minimum Gasteiger partial charge on any atom is -0.379 e. The number of para-hydroxylation sites is 1. The van der Waals surface area contributed by atoms with Crippen LogP contribution < -0.4 is 4.18 Å². The van der Waals surface area contributed by atoms with Crippen molar-refractivity contribution in [3.8, 4) is 5.75 Å². The molecule has 0 spiro atoms. The van der Waals surface area contributed by atoms with Crippen molar-refractivity contribution in [3.63, 3.8) is 0 Å². The number of benzene rings is 1. The number of aryl methyl sites for hydroxylation is 1. The Morgan fingerprint density at radius 2 is 1.46 bits per heavy atom. The molecule has 0 heterocycles. The first-order valence-electron chi connectivity index (χ1n) is 9.29. The molecular weight excluding hydrogens is 363 g/mol. The molecule has 5 nitrogen and oxygen atoms in total. The number of rotatable bonds is 14. The van der Waals surface area contributed by atoms with E-state index in [1.54, 1.807) is 26.0 Å². The molecule has 0 bridgehead atoms. The first-order chi connectivity index (χ1) is 12.0. The quantitative estimate of drug-likeness (QED) is 0.204. The van der Waals surface area contributed by atoms with Crippen LogP contribution in [0.25, 0.3) is 0 Å². The van der Waals surface area contributed by atoms with Gasteiger partial charge in [-0.1, -0.05) is 57.2 Å². The Hall–Kier alpha value is -0.110. The molecule has 0 aromatic heterocycles. The molecule has 0 aliphatic carbocycles. The van der Waals surface area contributed by atoms with Crippen molar-refractivity contribution in [2.24, 2.45) is 0 Å². The van der Waals surface area contributed by atoms with E-state index in [1.165, 1.54) is 25.7 Å². The fraction of sp³-hybridized carbons (Fsp3) is 0.684. The molecule has 0 aliphatic heterocycles. The van der Waals surface area contributed by atoms with E-state index in [2.05, 4.69) is 6.92 Å². The van der Waals surface area contributed by atoms with Crippen molar-refractivity contribution in [3.05, 3.63) is 29.8 Å². The van der Waals surface area contributed by atoms with Crippen LogP contribution in [0, 0.1) is 0 Å². The van der Waals surface area contributed by atoms with Crippen molar-refractivity contribution >= 4 is 39.7 Å². The smallest absolute Gasteiger partial charge is 0.363 e. The summed E-state index contributed by atoms with van der Waals surface area (Å²) in [7, 11) is -4.01. The maximum Gasteiger partial charge on any atom is 0.363 e. The molecule has 7 heteroatoms. The summed E-state index contributed by atoms with van der Waals surface area (Å²) in [5.41, 5.74) is -0.502. The van der Waals surface area contributed by atoms with Crippen molar-refractivity contribution < 1.29 is 22.1 Å². The molecule has 0 saturated heterocycles. The van der Waals surface area contributed by atoms with E-state index in [9.17, 15) is 8.42 Å². The van der Waals surface area contributed by atoms with Gasteiger partial charge in [-0.3, -0.25) is 0 Å². The van der Waals surface area contributed by atoms with Gasteiger partial charge in [0.15, 0.2) is 0 Å². The molecule has 1 aromatic carbocycles. The second-order valence-corrected chi connectivity index (χ2v) is 7.44. The van der Waals surface area contributed by atoms with Crippen LogP contribution in [-0.2, 0) is 26.0 Å². The molecule has 0 fully saturated rings. The maximum atomic E-state index is 12.4. The van der Waals surface area contributed by atoms with E-state index in [4.69, 9.17) is 13.7 Å². The molecule has 1 radical (unpaired) electrons. The summed E-state index contributed by atoms with van der Waals surface area (Å²) in [5, 5.41) is 0. The fourth-order valence-corrected chi connectivity index (χ4v) is 3.64. The van der Waals surface area contributed by atoms with Gasteiger partial charge in [-0.2, -0.15) is 8.42 Å². The van der Waals surface area contributed by atoms with Crippen LogP contribution in [0.5, 0.6) is 5.75 Å². The van der Waals surface area contributed by atoms with E-state index in [0.29, 0.717) is 5.75 Å². The Morgan fingerprint density at radius 1 is 0.885 bits per heavy atom. The summed E-state index contributed by atoms with van der Waals surface area (Å²) in [5.74, 6) is 0.362. The van der Waals surface area contributed by atoms with E-state index >= 15 is 0 Å². The second kappa shape index (κ2) is 14.9. The molecule has 1 aromatic rings. The summed E-state index contributed by atoms with van der Waals surface area (Å²) in [6.07, 6.45) is 7.93. The molecular formula is C19H32NaO5S. The standard InChI is InChI=1S/C19H32O5S.Na/c1-4-7-8-9-10-11-14-17-15-12-13-16-18(17)24-25(20,21)19(22-5-2)23-6-3;/h12-13,15-16,19H,4-11,14H2,1-3H3;. The average molecular weight is 396 g/mol. The van der Waals surface area contributed by atoms with Crippen LogP contribution in [0.1, 0.15) is 64.9 Å². The summed E-state index contributed by atoms with van der Waals surface area (Å²) < 4.78 is 40.5. The van der Waals surface area contributed by atoms with Crippen molar-refractivity contribution in [1.29, 1.82) is 0 Å². The molecule has 0 amide bonds. The van der Waals surface area contributed by atoms with Gasteiger partial charge in [0.05, 0.1) is 0 Å². The largest absolute Gasteiger partial charge is 0.379 e. The van der Waals surface area contributed by atoms with Crippen molar-refractivity contribution in [2.75, 3.05) is 13.2 Å². The monoisotopic (exact) mass is 395 g/mol. The summed E-state index contributed by atoms with van der Waals surface area (Å²) in [4.78, 5) is 0. The van der Waals surface area contributed by atoms with Gasteiger partial charge in [0.1, 0.15) is 5.75 Å². The third-order valence-electron chi connectivity index (χ3n) is 3.82.